The van der Waals surface area contributed by atoms with Gasteiger partial charge >= 0.3 is 0 Å². The molecule has 0 unspecified atom stereocenters. The summed E-state index contributed by atoms with van der Waals surface area (Å²) in [5, 5.41) is 0.531. The maximum absolute atomic E-state index is 6.06. The van der Waals surface area contributed by atoms with Gasteiger partial charge in [0.05, 0.1) is 0 Å². The third-order valence-corrected chi connectivity index (χ3v) is 3.88. The molecule has 3 heteroatoms. The smallest absolute Gasteiger partial charge is 0.132 e. The predicted molar refractivity (Wildman–Crippen MR) is 75.5 cm³/mol. The predicted octanol–water partition coefficient (Wildman–Crippen LogP) is 3.57. The van der Waals surface area contributed by atoms with E-state index in [2.05, 4.69) is 19.9 Å². The Morgan fingerprint density at radius 3 is 2.56 bits per heavy atom. The van der Waals surface area contributed by atoms with Crippen LogP contribution < -0.4 is 10.2 Å². The molecule has 88 valence electrons. The fourth-order valence-electron chi connectivity index (χ4n) is 2.48. The lowest BCUT2D eigenvalue weighted by Gasteiger charge is -2.34. The van der Waals surface area contributed by atoms with Crippen LogP contribution in [0.5, 0.6) is 11.5 Å². The lowest BCUT2D eigenvalue weighted by molar-refractivity contribution is 0.418. The Labute approximate surface area is 113 Å². The van der Waals surface area contributed by atoms with Crippen molar-refractivity contribution in [3.63, 3.8) is 0 Å². The van der Waals surface area contributed by atoms with Gasteiger partial charge in [0.2, 0.25) is 0 Å². The van der Waals surface area contributed by atoms with Crippen molar-refractivity contribution in [2.24, 2.45) is 0 Å². The number of hydrogen-bond donors (Lipinski definition) is 0. The molecule has 0 saturated heterocycles. The molecular weight excluding hydrogens is 242 g/mol. The third kappa shape index (κ3) is 1.56. The third-order valence-electron chi connectivity index (χ3n) is 3.55. The Hall–Kier alpha value is -1.41. The Morgan fingerprint density at radius 2 is 1.78 bits per heavy atom. The zero-order chi connectivity index (χ0) is 12.9. The first-order chi connectivity index (χ1) is 8.50. The summed E-state index contributed by atoms with van der Waals surface area (Å²) in [6.45, 7) is 4.33. The molecule has 0 aromatic heterocycles. The maximum Gasteiger partial charge on any atom is 0.132 e. The lowest BCUT2D eigenvalue weighted by Crippen LogP contribution is -2.26. The van der Waals surface area contributed by atoms with E-state index in [1.165, 1.54) is 5.56 Å². The minimum Gasteiger partial charge on any atom is -0.457 e. The summed E-state index contributed by atoms with van der Waals surface area (Å²) in [6, 6.07) is 11.8. The van der Waals surface area contributed by atoms with E-state index in [-0.39, 0.29) is 5.41 Å². The first kappa shape index (κ1) is 11.7. The van der Waals surface area contributed by atoms with Gasteiger partial charge in [-0.3, -0.25) is 0 Å². The molecule has 0 spiro atoms. The first-order valence-electron chi connectivity index (χ1n) is 5.87. The molecule has 2 aromatic rings. The van der Waals surface area contributed by atoms with E-state index in [1.807, 2.05) is 24.3 Å². The molecule has 3 rings (SSSR count). The standard InChI is InChI=1S/C15H12BClO/c1-15(2)9-5-3-4-6-13(9)18-14-8-12(17)11(16)7-10(14)15/h3-8H,1-2H3. The van der Waals surface area contributed by atoms with Crippen molar-refractivity contribution < 1.29 is 4.74 Å². The van der Waals surface area contributed by atoms with Crippen LogP contribution in [-0.4, -0.2) is 7.85 Å². The Balaban J connectivity index is 2.28. The molecule has 18 heavy (non-hydrogen) atoms. The summed E-state index contributed by atoms with van der Waals surface area (Å²) in [7, 11) is 5.90. The van der Waals surface area contributed by atoms with Crippen LogP contribution in [0.25, 0.3) is 0 Å². The van der Waals surface area contributed by atoms with Crippen molar-refractivity contribution in [1.82, 2.24) is 0 Å². The number of rotatable bonds is 0. The van der Waals surface area contributed by atoms with Crippen LogP contribution in [0.15, 0.2) is 36.4 Å². The van der Waals surface area contributed by atoms with Gasteiger partial charge in [-0.05, 0) is 12.1 Å². The van der Waals surface area contributed by atoms with Crippen LogP contribution in [-0.2, 0) is 5.41 Å². The monoisotopic (exact) mass is 254 g/mol. The van der Waals surface area contributed by atoms with Gasteiger partial charge < -0.3 is 4.74 Å². The molecule has 1 nitrogen and oxygen atoms in total. The van der Waals surface area contributed by atoms with E-state index in [0.29, 0.717) is 10.5 Å². The highest BCUT2D eigenvalue weighted by Crippen LogP contribution is 2.47. The quantitative estimate of drug-likeness (QED) is 0.653. The molecule has 1 aliphatic rings. The van der Waals surface area contributed by atoms with Gasteiger partial charge in [-0.15, -0.1) is 0 Å². The maximum atomic E-state index is 6.06. The molecule has 1 heterocycles. The molecule has 0 N–H and O–H groups in total. The van der Waals surface area contributed by atoms with Crippen LogP contribution in [0.4, 0.5) is 0 Å². The first-order valence-corrected chi connectivity index (χ1v) is 6.25. The van der Waals surface area contributed by atoms with E-state index in [9.17, 15) is 0 Å². The van der Waals surface area contributed by atoms with E-state index < -0.39 is 0 Å². The van der Waals surface area contributed by atoms with Gasteiger partial charge in [-0.2, -0.15) is 0 Å². The molecule has 1 aliphatic heterocycles. The van der Waals surface area contributed by atoms with Crippen molar-refractivity contribution >= 4 is 24.9 Å². The fraction of sp³-hybridized carbons (Fsp3) is 0.200. The van der Waals surface area contributed by atoms with E-state index >= 15 is 0 Å². The number of ether oxygens (including phenoxy) is 1. The Kier molecular flexibility index (Phi) is 2.46. The molecule has 0 fully saturated rings. The van der Waals surface area contributed by atoms with E-state index in [4.69, 9.17) is 24.2 Å². The zero-order valence-electron chi connectivity index (χ0n) is 10.3. The second kappa shape index (κ2) is 3.79. The van der Waals surface area contributed by atoms with Crippen LogP contribution in [0, 0.1) is 0 Å². The number of fused-ring (bicyclic) bond motifs is 2. The normalized spacial score (nSPS) is 15.5. The summed E-state index contributed by atoms with van der Waals surface area (Å²) in [4.78, 5) is 0. The van der Waals surface area contributed by atoms with Crippen LogP contribution in [0.1, 0.15) is 25.0 Å². The van der Waals surface area contributed by atoms with Gasteiger partial charge in [0.15, 0.2) is 0 Å². The summed E-state index contributed by atoms with van der Waals surface area (Å²) in [5.41, 5.74) is 2.69. The van der Waals surface area contributed by atoms with E-state index in [1.54, 1.807) is 6.07 Å². The average molecular weight is 255 g/mol. The van der Waals surface area contributed by atoms with Crippen molar-refractivity contribution in [3.05, 3.63) is 52.5 Å². The molecular formula is C15H12BClO. The number of para-hydroxylation sites is 1. The van der Waals surface area contributed by atoms with Gasteiger partial charge in [0.25, 0.3) is 0 Å². The van der Waals surface area contributed by atoms with E-state index in [0.717, 1.165) is 17.1 Å². The van der Waals surface area contributed by atoms with Crippen LogP contribution in [0.2, 0.25) is 5.02 Å². The highest BCUT2D eigenvalue weighted by Gasteiger charge is 2.34. The van der Waals surface area contributed by atoms with Crippen LogP contribution in [0.3, 0.4) is 0 Å². The van der Waals surface area contributed by atoms with Crippen molar-refractivity contribution in [3.8, 4) is 11.5 Å². The van der Waals surface area contributed by atoms with Gasteiger partial charge in [-0.1, -0.05) is 55.2 Å². The molecule has 2 aromatic carbocycles. The zero-order valence-corrected chi connectivity index (χ0v) is 11.1. The molecule has 0 aliphatic carbocycles. The Morgan fingerprint density at radius 1 is 1.06 bits per heavy atom. The average Bonchev–Trinajstić information content (AvgIpc) is 2.33. The highest BCUT2D eigenvalue weighted by molar-refractivity contribution is 6.45. The highest BCUT2D eigenvalue weighted by atomic mass is 35.5. The van der Waals surface area contributed by atoms with Crippen molar-refractivity contribution in [1.29, 1.82) is 0 Å². The largest absolute Gasteiger partial charge is 0.457 e. The van der Waals surface area contributed by atoms with Gasteiger partial charge in [0.1, 0.15) is 19.3 Å². The number of halogens is 1. The minimum atomic E-state index is -0.136. The van der Waals surface area contributed by atoms with Gasteiger partial charge in [-0.25, -0.2) is 0 Å². The molecule has 0 saturated carbocycles. The number of hydrogen-bond acceptors (Lipinski definition) is 1. The van der Waals surface area contributed by atoms with Crippen molar-refractivity contribution in [2.75, 3.05) is 0 Å². The molecule has 0 atom stereocenters. The lowest BCUT2D eigenvalue weighted by atomic mass is 9.74. The molecule has 2 radical (unpaired) electrons. The second-order valence-corrected chi connectivity index (χ2v) is 5.50. The summed E-state index contributed by atoms with van der Waals surface area (Å²) in [5.74, 6) is 1.67. The molecule has 0 amide bonds. The minimum absolute atomic E-state index is 0.136. The SMILES string of the molecule is [B]c1cc2c(cc1Cl)Oc1ccccc1C2(C)C. The topological polar surface area (TPSA) is 9.23 Å². The Bertz CT molecular complexity index is 634. The molecule has 0 bridgehead atoms. The fourth-order valence-corrected chi connectivity index (χ4v) is 2.63. The van der Waals surface area contributed by atoms with Crippen LogP contribution >= 0.6 is 11.6 Å². The number of benzene rings is 2. The van der Waals surface area contributed by atoms with Gasteiger partial charge in [0, 0.05) is 21.6 Å². The second-order valence-electron chi connectivity index (χ2n) is 5.09. The summed E-state index contributed by atoms with van der Waals surface area (Å²) >= 11 is 6.06. The van der Waals surface area contributed by atoms with Crippen molar-refractivity contribution in [2.45, 2.75) is 19.3 Å². The summed E-state index contributed by atoms with van der Waals surface area (Å²) in [6.07, 6.45) is 0. The summed E-state index contributed by atoms with van der Waals surface area (Å²) < 4.78 is 5.91.